The molecule has 1 aliphatic rings. The number of hydrogen-bond donors (Lipinski definition) is 2. The van der Waals surface area contributed by atoms with Gasteiger partial charge in [-0.05, 0) is 79.5 Å². The van der Waals surface area contributed by atoms with E-state index in [9.17, 15) is 13.2 Å². The number of nitrogens with one attached hydrogen (secondary N) is 2. The molecule has 1 aliphatic heterocycles. The summed E-state index contributed by atoms with van der Waals surface area (Å²) in [7, 11) is -3.49. The molecule has 0 spiro atoms. The minimum Gasteiger partial charge on any atom is -0.332 e. The Morgan fingerprint density at radius 3 is 2.24 bits per heavy atom. The molecule has 1 saturated heterocycles. The van der Waals surface area contributed by atoms with Gasteiger partial charge in [0.15, 0.2) is 5.11 Å². The van der Waals surface area contributed by atoms with Crippen molar-refractivity contribution in [3.63, 3.8) is 0 Å². The summed E-state index contributed by atoms with van der Waals surface area (Å²) in [5.41, 5.74) is 1.08. The number of carbonyl (C=O) groups is 1. The number of piperidine rings is 1. The highest BCUT2D eigenvalue weighted by Gasteiger charge is 2.27. The van der Waals surface area contributed by atoms with E-state index in [0.29, 0.717) is 30.3 Å². The predicted octanol–water partition coefficient (Wildman–Crippen LogP) is 4.00. The van der Waals surface area contributed by atoms with Crippen molar-refractivity contribution in [2.45, 2.75) is 24.7 Å². The molecule has 0 radical (unpaired) electrons. The van der Waals surface area contributed by atoms with Gasteiger partial charge in [-0.15, -0.1) is 0 Å². The SMILES string of the molecule is CC1CCN(S(=O)(=O)c2ccc(NC(=S)NC(=O)c3ccc(Br)cc3)cc2)CC1. The van der Waals surface area contributed by atoms with Crippen molar-refractivity contribution in [2.24, 2.45) is 5.92 Å². The standard InChI is InChI=1S/C20H22BrN3O3S2/c1-14-10-12-24(13-11-14)29(26,27)18-8-6-17(7-9-18)22-20(28)23-19(25)15-2-4-16(21)5-3-15/h2-9,14H,10-13H2,1H3,(H2,22,23,25,28). The Balaban J connectivity index is 1.60. The fourth-order valence-corrected chi connectivity index (χ4v) is 4.97. The number of hydrogen-bond acceptors (Lipinski definition) is 4. The minimum absolute atomic E-state index is 0.138. The highest BCUT2D eigenvalue weighted by molar-refractivity contribution is 9.10. The molecule has 1 heterocycles. The summed E-state index contributed by atoms with van der Waals surface area (Å²) >= 11 is 8.50. The summed E-state index contributed by atoms with van der Waals surface area (Å²) in [6.45, 7) is 3.24. The monoisotopic (exact) mass is 495 g/mol. The van der Waals surface area contributed by atoms with E-state index in [2.05, 4.69) is 33.5 Å². The van der Waals surface area contributed by atoms with E-state index in [-0.39, 0.29) is 15.9 Å². The maximum Gasteiger partial charge on any atom is 0.257 e. The van der Waals surface area contributed by atoms with Crippen molar-refractivity contribution in [2.75, 3.05) is 18.4 Å². The molecule has 2 aromatic rings. The molecule has 0 bridgehead atoms. The van der Waals surface area contributed by atoms with Gasteiger partial charge in [-0.3, -0.25) is 10.1 Å². The fourth-order valence-electron chi connectivity index (χ4n) is 3.02. The Kier molecular flexibility index (Phi) is 7.05. The Labute approximate surface area is 184 Å². The van der Waals surface area contributed by atoms with Crippen molar-refractivity contribution < 1.29 is 13.2 Å². The number of carbonyl (C=O) groups excluding carboxylic acids is 1. The van der Waals surface area contributed by atoms with Gasteiger partial charge in [0.25, 0.3) is 5.91 Å². The number of anilines is 1. The number of sulfonamides is 1. The summed E-state index contributed by atoms with van der Waals surface area (Å²) in [4.78, 5) is 12.5. The summed E-state index contributed by atoms with van der Waals surface area (Å²) < 4.78 is 28.0. The van der Waals surface area contributed by atoms with Gasteiger partial charge >= 0.3 is 0 Å². The van der Waals surface area contributed by atoms with Crippen LogP contribution in [0, 0.1) is 5.92 Å². The zero-order chi connectivity index (χ0) is 21.0. The van der Waals surface area contributed by atoms with Crippen molar-refractivity contribution in [1.29, 1.82) is 0 Å². The molecule has 1 amide bonds. The van der Waals surface area contributed by atoms with Gasteiger partial charge in [0.05, 0.1) is 4.90 Å². The normalized spacial score (nSPS) is 15.7. The number of benzene rings is 2. The lowest BCUT2D eigenvalue weighted by molar-refractivity contribution is 0.0977. The van der Waals surface area contributed by atoms with Crippen LogP contribution in [0.3, 0.4) is 0 Å². The first-order valence-electron chi connectivity index (χ1n) is 9.24. The quantitative estimate of drug-likeness (QED) is 0.626. The maximum atomic E-state index is 12.8. The van der Waals surface area contributed by atoms with Crippen molar-refractivity contribution in [3.05, 3.63) is 58.6 Å². The van der Waals surface area contributed by atoms with Crippen LogP contribution in [0.5, 0.6) is 0 Å². The fraction of sp³-hybridized carbons (Fsp3) is 0.300. The molecule has 0 aromatic heterocycles. The van der Waals surface area contributed by atoms with Gasteiger partial charge in [-0.2, -0.15) is 4.31 Å². The van der Waals surface area contributed by atoms with E-state index in [1.54, 1.807) is 52.8 Å². The second-order valence-electron chi connectivity index (χ2n) is 7.03. The van der Waals surface area contributed by atoms with E-state index >= 15 is 0 Å². The molecule has 6 nitrogen and oxygen atoms in total. The minimum atomic E-state index is -3.49. The summed E-state index contributed by atoms with van der Waals surface area (Å²) in [6.07, 6.45) is 1.76. The average Bonchev–Trinajstić information content (AvgIpc) is 2.69. The van der Waals surface area contributed by atoms with Crippen LogP contribution in [-0.2, 0) is 10.0 Å². The molecule has 1 fully saturated rings. The summed E-state index contributed by atoms with van der Waals surface area (Å²) in [5.74, 6) is 0.232. The highest BCUT2D eigenvalue weighted by Crippen LogP contribution is 2.24. The summed E-state index contributed by atoms with van der Waals surface area (Å²) in [6, 6.07) is 13.3. The second-order valence-corrected chi connectivity index (χ2v) is 10.3. The van der Waals surface area contributed by atoms with Crippen LogP contribution in [0.4, 0.5) is 5.69 Å². The number of thiocarbonyl (C=S) groups is 1. The Bertz CT molecular complexity index is 985. The van der Waals surface area contributed by atoms with E-state index in [4.69, 9.17) is 12.2 Å². The van der Waals surface area contributed by atoms with Crippen molar-refractivity contribution >= 4 is 54.9 Å². The molecule has 2 N–H and O–H groups in total. The smallest absolute Gasteiger partial charge is 0.257 e. The van der Waals surface area contributed by atoms with Crippen molar-refractivity contribution in [1.82, 2.24) is 9.62 Å². The molecular weight excluding hydrogens is 474 g/mol. The molecule has 0 aliphatic carbocycles. The first-order chi connectivity index (χ1) is 13.8. The van der Waals surface area contributed by atoms with Crippen LogP contribution >= 0.6 is 28.1 Å². The van der Waals surface area contributed by atoms with Crippen LogP contribution in [0.2, 0.25) is 0 Å². The van der Waals surface area contributed by atoms with E-state index in [0.717, 1.165) is 17.3 Å². The predicted molar refractivity (Wildman–Crippen MR) is 121 cm³/mol. The molecule has 154 valence electrons. The molecule has 0 atom stereocenters. The first-order valence-corrected chi connectivity index (χ1v) is 11.9. The summed E-state index contributed by atoms with van der Waals surface area (Å²) in [5, 5.41) is 5.64. The van der Waals surface area contributed by atoms with Crippen LogP contribution in [0.25, 0.3) is 0 Å². The van der Waals surface area contributed by atoms with Crippen molar-refractivity contribution in [3.8, 4) is 0 Å². The second kappa shape index (κ2) is 9.34. The van der Waals surface area contributed by atoms with Gasteiger partial charge in [-0.1, -0.05) is 22.9 Å². The topological polar surface area (TPSA) is 78.5 Å². The Morgan fingerprint density at radius 2 is 1.66 bits per heavy atom. The van der Waals surface area contributed by atoms with Crippen LogP contribution in [0.1, 0.15) is 30.1 Å². The van der Waals surface area contributed by atoms with Crippen LogP contribution in [0.15, 0.2) is 57.9 Å². The number of halogens is 1. The Hall–Kier alpha value is -1.81. The first kappa shape index (κ1) is 21.9. The lowest BCUT2D eigenvalue weighted by Crippen LogP contribution is -2.37. The van der Waals surface area contributed by atoms with Crippen LogP contribution in [-0.4, -0.2) is 36.8 Å². The van der Waals surface area contributed by atoms with E-state index in [1.165, 1.54) is 0 Å². The molecule has 29 heavy (non-hydrogen) atoms. The third-order valence-corrected chi connectivity index (χ3v) is 7.47. The van der Waals surface area contributed by atoms with Gasteiger partial charge < -0.3 is 5.32 Å². The molecule has 0 unspecified atom stereocenters. The number of nitrogens with zero attached hydrogens (tertiary/aromatic N) is 1. The largest absolute Gasteiger partial charge is 0.332 e. The van der Waals surface area contributed by atoms with Gasteiger partial charge in [0.2, 0.25) is 10.0 Å². The van der Waals surface area contributed by atoms with E-state index < -0.39 is 10.0 Å². The maximum absolute atomic E-state index is 12.8. The highest BCUT2D eigenvalue weighted by atomic mass is 79.9. The molecule has 0 saturated carbocycles. The lowest BCUT2D eigenvalue weighted by Gasteiger charge is -2.29. The average molecular weight is 496 g/mol. The number of amides is 1. The third-order valence-electron chi connectivity index (χ3n) is 4.83. The Morgan fingerprint density at radius 1 is 1.07 bits per heavy atom. The van der Waals surface area contributed by atoms with E-state index in [1.807, 2.05) is 0 Å². The molecule has 9 heteroatoms. The van der Waals surface area contributed by atoms with Gasteiger partial charge in [0, 0.05) is 28.8 Å². The number of rotatable bonds is 4. The molecule has 2 aromatic carbocycles. The third kappa shape index (κ3) is 5.63. The van der Waals surface area contributed by atoms with Gasteiger partial charge in [-0.25, -0.2) is 8.42 Å². The molecular formula is C20H22BrN3O3S2. The lowest BCUT2D eigenvalue weighted by atomic mass is 10.0. The molecule has 3 rings (SSSR count). The van der Waals surface area contributed by atoms with Gasteiger partial charge in [0.1, 0.15) is 0 Å². The zero-order valence-corrected chi connectivity index (χ0v) is 19.1. The van der Waals surface area contributed by atoms with Crippen LogP contribution < -0.4 is 10.6 Å². The zero-order valence-electron chi connectivity index (χ0n) is 15.9.